The summed E-state index contributed by atoms with van der Waals surface area (Å²) in [5, 5.41) is 10.6. The Morgan fingerprint density at radius 2 is 1.69 bits per heavy atom. The molecular weight excluding hydrogens is 475 g/mol. The molecule has 0 aliphatic carbocycles. The van der Waals surface area contributed by atoms with Crippen molar-refractivity contribution in [2.75, 3.05) is 26.2 Å². The molecule has 188 valence electrons. The first-order valence-corrected chi connectivity index (χ1v) is 11.7. The molecule has 1 N–H and O–H groups in total. The number of H-pyrrole nitrogens is 1. The van der Waals surface area contributed by atoms with E-state index in [9.17, 15) is 22.8 Å². The molecule has 0 unspecified atom stereocenters. The average Bonchev–Trinajstić information content (AvgIpc) is 3.43. The van der Waals surface area contributed by atoms with Gasteiger partial charge in [-0.2, -0.15) is 15.4 Å². The number of fused-ring (bicyclic) bond motifs is 2. The zero-order valence-electron chi connectivity index (χ0n) is 19.2. The summed E-state index contributed by atoms with van der Waals surface area (Å²) < 4.78 is 41.2. The Labute approximate surface area is 204 Å². The van der Waals surface area contributed by atoms with Crippen LogP contribution in [0.5, 0.6) is 5.75 Å². The van der Waals surface area contributed by atoms with E-state index in [2.05, 4.69) is 20.1 Å². The molecule has 2 saturated heterocycles. The van der Waals surface area contributed by atoms with Crippen molar-refractivity contribution in [3.8, 4) is 5.75 Å². The molecule has 2 fully saturated rings. The molecule has 8 nitrogen and oxygen atoms in total. The van der Waals surface area contributed by atoms with Gasteiger partial charge in [0.05, 0.1) is 0 Å². The van der Waals surface area contributed by atoms with Gasteiger partial charge in [-0.3, -0.25) is 9.59 Å². The van der Waals surface area contributed by atoms with Gasteiger partial charge in [0.2, 0.25) is 5.91 Å². The van der Waals surface area contributed by atoms with Crippen molar-refractivity contribution < 1.29 is 27.5 Å². The number of hydrogen-bond donors (Lipinski definition) is 1. The van der Waals surface area contributed by atoms with Gasteiger partial charge in [0.1, 0.15) is 16.8 Å². The number of aromatic amines is 1. The average molecular weight is 499 g/mol. The molecule has 2 amide bonds. The maximum Gasteiger partial charge on any atom is 0.573 e. The first-order chi connectivity index (χ1) is 17.2. The maximum absolute atomic E-state index is 13.1. The van der Waals surface area contributed by atoms with Crippen LogP contribution in [0.15, 0.2) is 48.5 Å². The normalized spacial score (nSPS) is 20.5. The van der Waals surface area contributed by atoms with Crippen molar-refractivity contribution in [1.29, 1.82) is 0 Å². The van der Waals surface area contributed by atoms with Crippen LogP contribution < -0.4 is 4.74 Å². The lowest BCUT2D eigenvalue weighted by molar-refractivity contribution is -0.274. The molecule has 36 heavy (non-hydrogen) atoms. The summed E-state index contributed by atoms with van der Waals surface area (Å²) in [6.07, 6.45) is -0.299. The second-order valence-corrected chi connectivity index (χ2v) is 9.11. The fraction of sp³-hybridized carbons (Fsp3) is 0.360. The number of rotatable bonds is 4. The van der Waals surface area contributed by atoms with Crippen molar-refractivity contribution in [2.24, 2.45) is 11.8 Å². The van der Waals surface area contributed by atoms with E-state index in [1.54, 1.807) is 29.2 Å². The molecule has 1 aromatic heterocycles. The van der Waals surface area contributed by atoms with E-state index in [0.29, 0.717) is 60.2 Å². The minimum atomic E-state index is -4.77. The molecule has 0 radical (unpaired) electrons. The van der Waals surface area contributed by atoms with Crippen LogP contribution in [0.1, 0.15) is 28.8 Å². The van der Waals surface area contributed by atoms with E-state index < -0.39 is 6.36 Å². The van der Waals surface area contributed by atoms with E-state index >= 15 is 0 Å². The molecule has 0 saturated carbocycles. The predicted molar refractivity (Wildman–Crippen MR) is 125 cm³/mol. The molecule has 3 aromatic rings. The largest absolute Gasteiger partial charge is 0.573 e. The Hall–Kier alpha value is -3.89. The number of aromatic nitrogens is 3. The third kappa shape index (κ3) is 5.34. The number of amides is 2. The number of alkyl halides is 3. The summed E-state index contributed by atoms with van der Waals surface area (Å²) >= 11 is 0. The third-order valence-corrected chi connectivity index (χ3v) is 6.79. The molecule has 11 heteroatoms. The standard InChI is InChI=1S/C25H24F3N5O3/c26-25(27,28)36-20-3-1-2-16(12-20)4-7-23(34)33-14-18-8-10-32(11-9-19(18)15-33)24(35)17-5-6-21-22(13-17)30-31-29-21/h1-7,12-13,18-19H,8-11,14-15H2,(H,29,30,31)/b7-4+/t18-,19+. The minimum absolute atomic E-state index is 0.0347. The molecule has 3 heterocycles. The quantitative estimate of drug-likeness (QED) is 0.551. The summed E-state index contributed by atoms with van der Waals surface area (Å²) in [6, 6.07) is 10.8. The zero-order valence-corrected chi connectivity index (χ0v) is 19.2. The zero-order chi connectivity index (χ0) is 25.3. The van der Waals surface area contributed by atoms with Crippen LogP contribution in [0.2, 0.25) is 0 Å². The molecule has 0 spiro atoms. The number of halogens is 3. The highest BCUT2D eigenvalue weighted by Gasteiger charge is 2.37. The second kappa shape index (κ2) is 9.63. The summed E-state index contributed by atoms with van der Waals surface area (Å²) in [5.74, 6) is 0.0375. The lowest BCUT2D eigenvalue weighted by Crippen LogP contribution is -2.33. The van der Waals surface area contributed by atoms with Crippen LogP contribution in [0.25, 0.3) is 17.1 Å². The van der Waals surface area contributed by atoms with Gasteiger partial charge in [0, 0.05) is 37.8 Å². The monoisotopic (exact) mass is 499 g/mol. The first-order valence-electron chi connectivity index (χ1n) is 11.7. The van der Waals surface area contributed by atoms with Gasteiger partial charge in [-0.25, -0.2) is 0 Å². The smallest absolute Gasteiger partial charge is 0.406 e. The van der Waals surface area contributed by atoms with Gasteiger partial charge >= 0.3 is 6.36 Å². The molecule has 5 rings (SSSR count). The first kappa shape index (κ1) is 23.8. The number of carbonyl (C=O) groups is 2. The SMILES string of the molecule is O=C(/C=C/c1cccc(OC(F)(F)F)c1)N1C[C@H]2CCN(C(=O)c3ccc4n[nH]nc4c3)CC[C@H]2C1. The number of nitrogens with one attached hydrogen (secondary N) is 1. The van der Waals surface area contributed by atoms with Gasteiger partial charge < -0.3 is 14.5 Å². The molecule has 2 aliphatic heterocycles. The lowest BCUT2D eigenvalue weighted by Gasteiger charge is -2.22. The Kier molecular flexibility index (Phi) is 6.38. The van der Waals surface area contributed by atoms with Crippen LogP contribution in [-0.4, -0.2) is 69.6 Å². The number of likely N-dealkylation sites (tertiary alicyclic amines) is 2. The summed E-state index contributed by atoms with van der Waals surface area (Å²) in [7, 11) is 0. The van der Waals surface area contributed by atoms with Gasteiger partial charge in [-0.05, 0) is 66.6 Å². The van der Waals surface area contributed by atoms with E-state index in [1.807, 2.05) is 4.90 Å². The van der Waals surface area contributed by atoms with Gasteiger partial charge in [-0.15, -0.1) is 13.2 Å². The molecule has 2 aromatic carbocycles. The van der Waals surface area contributed by atoms with Crippen molar-refractivity contribution in [1.82, 2.24) is 25.2 Å². The summed E-state index contributed by atoms with van der Waals surface area (Å²) in [6.45, 7) is 2.41. The number of nitrogens with zero attached hydrogens (tertiary/aromatic N) is 4. The van der Waals surface area contributed by atoms with Gasteiger partial charge in [0.15, 0.2) is 0 Å². The van der Waals surface area contributed by atoms with Crippen LogP contribution in [0.3, 0.4) is 0 Å². The number of carbonyl (C=O) groups excluding carboxylic acids is 2. The van der Waals surface area contributed by atoms with Crippen molar-refractivity contribution in [2.45, 2.75) is 19.2 Å². The second-order valence-electron chi connectivity index (χ2n) is 9.11. The topological polar surface area (TPSA) is 91.4 Å². The fourth-order valence-electron chi connectivity index (χ4n) is 4.98. The molecule has 2 aliphatic rings. The molecular formula is C25H24F3N5O3. The maximum atomic E-state index is 13.1. The summed E-state index contributed by atoms with van der Waals surface area (Å²) in [4.78, 5) is 29.4. The van der Waals surface area contributed by atoms with Crippen LogP contribution >= 0.6 is 0 Å². The van der Waals surface area contributed by atoms with Crippen LogP contribution in [0, 0.1) is 11.8 Å². The Balaban J connectivity index is 1.17. The Bertz CT molecular complexity index is 1290. The summed E-state index contributed by atoms with van der Waals surface area (Å²) in [5.41, 5.74) is 2.37. The van der Waals surface area contributed by atoms with Crippen molar-refractivity contribution in [3.63, 3.8) is 0 Å². The highest BCUT2D eigenvalue weighted by Crippen LogP contribution is 2.32. The minimum Gasteiger partial charge on any atom is -0.406 e. The van der Waals surface area contributed by atoms with Crippen molar-refractivity contribution >= 4 is 28.9 Å². The molecule has 0 bridgehead atoms. The van der Waals surface area contributed by atoms with Gasteiger partial charge in [-0.1, -0.05) is 12.1 Å². The highest BCUT2D eigenvalue weighted by molar-refractivity contribution is 5.97. The predicted octanol–water partition coefficient (Wildman–Crippen LogP) is 3.88. The Morgan fingerprint density at radius 1 is 0.972 bits per heavy atom. The highest BCUT2D eigenvalue weighted by atomic mass is 19.4. The van der Waals surface area contributed by atoms with E-state index in [0.717, 1.165) is 12.8 Å². The van der Waals surface area contributed by atoms with E-state index in [4.69, 9.17) is 0 Å². The van der Waals surface area contributed by atoms with E-state index in [1.165, 1.54) is 30.4 Å². The fourth-order valence-corrected chi connectivity index (χ4v) is 4.98. The number of hydrogen-bond acceptors (Lipinski definition) is 5. The van der Waals surface area contributed by atoms with E-state index in [-0.39, 0.29) is 17.6 Å². The van der Waals surface area contributed by atoms with Crippen LogP contribution in [0.4, 0.5) is 13.2 Å². The lowest BCUT2D eigenvalue weighted by atomic mass is 9.92. The van der Waals surface area contributed by atoms with Gasteiger partial charge in [0.25, 0.3) is 5.91 Å². The van der Waals surface area contributed by atoms with Crippen LogP contribution in [-0.2, 0) is 4.79 Å². The third-order valence-electron chi connectivity index (χ3n) is 6.79. The molecule has 2 atom stereocenters. The van der Waals surface area contributed by atoms with Crippen molar-refractivity contribution in [3.05, 3.63) is 59.7 Å². The number of benzene rings is 2. The Morgan fingerprint density at radius 3 is 2.42 bits per heavy atom. The number of ether oxygens (including phenoxy) is 1.